The summed E-state index contributed by atoms with van der Waals surface area (Å²) in [7, 11) is 0. The molecule has 2 saturated heterocycles. The molecule has 9 heteroatoms. The predicted molar refractivity (Wildman–Crippen MR) is 102 cm³/mol. The number of benzene rings is 1. The molecule has 2 fully saturated rings. The molecule has 0 amide bonds. The molecule has 3 aliphatic heterocycles. The SMILES string of the molecule is C[C@H]1CCC[C@H](C[C@H]2Cc3cc(O)cc(O[C@H]4O[C@H](CO)[C@@H](O)[C@H]4O)c3C(=O)O2)O1. The maximum Gasteiger partial charge on any atom is 0.342 e. The van der Waals surface area contributed by atoms with E-state index in [1.165, 1.54) is 12.1 Å². The number of hydrogen-bond donors (Lipinski definition) is 4. The number of aliphatic hydroxyl groups excluding tert-OH is 3. The van der Waals surface area contributed by atoms with Gasteiger partial charge < -0.3 is 39.4 Å². The van der Waals surface area contributed by atoms with Crippen molar-refractivity contribution in [2.24, 2.45) is 0 Å². The number of aromatic hydroxyl groups is 1. The molecule has 3 aliphatic rings. The van der Waals surface area contributed by atoms with Crippen molar-refractivity contribution in [3.05, 3.63) is 23.3 Å². The molecule has 3 heterocycles. The van der Waals surface area contributed by atoms with E-state index in [-0.39, 0.29) is 35.4 Å². The predicted octanol–water partition coefficient (Wildman–Crippen LogP) is 0.639. The van der Waals surface area contributed by atoms with Crippen LogP contribution in [0.1, 0.15) is 48.5 Å². The van der Waals surface area contributed by atoms with Gasteiger partial charge >= 0.3 is 5.97 Å². The van der Waals surface area contributed by atoms with Crippen LogP contribution in [0, 0.1) is 0 Å². The molecule has 0 aliphatic carbocycles. The molecule has 9 nitrogen and oxygen atoms in total. The van der Waals surface area contributed by atoms with Crippen LogP contribution in [-0.4, -0.2) is 75.9 Å². The Balaban J connectivity index is 1.51. The van der Waals surface area contributed by atoms with Gasteiger partial charge in [0, 0.05) is 18.9 Å². The number of phenolic OH excluding ortho intramolecular Hbond substituents is 1. The molecule has 1 aromatic rings. The van der Waals surface area contributed by atoms with Gasteiger partial charge in [-0.3, -0.25) is 0 Å². The number of carbonyl (C=O) groups is 1. The van der Waals surface area contributed by atoms with Crippen LogP contribution in [-0.2, 0) is 20.6 Å². The van der Waals surface area contributed by atoms with Gasteiger partial charge in [0.05, 0.1) is 18.8 Å². The second-order valence-electron chi connectivity index (χ2n) is 8.27. The number of aliphatic hydroxyl groups is 3. The highest BCUT2D eigenvalue weighted by Gasteiger charge is 2.45. The minimum atomic E-state index is -1.42. The minimum absolute atomic E-state index is 0.00849. The van der Waals surface area contributed by atoms with Crippen molar-refractivity contribution < 1.29 is 44.2 Å². The van der Waals surface area contributed by atoms with Crippen LogP contribution in [0.5, 0.6) is 11.5 Å². The monoisotopic (exact) mass is 424 g/mol. The Labute approximate surface area is 174 Å². The highest BCUT2D eigenvalue weighted by atomic mass is 16.7. The first-order valence-corrected chi connectivity index (χ1v) is 10.4. The topological polar surface area (TPSA) is 135 Å². The van der Waals surface area contributed by atoms with Crippen molar-refractivity contribution in [1.29, 1.82) is 0 Å². The Morgan fingerprint density at radius 2 is 1.93 bits per heavy atom. The molecule has 0 unspecified atom stereocenters. The zero-order chi connectivity index (χ0) is 21.4. The van der Waals surface area contributed by atoms with Gasteiger partial charge in [0.15, 0.2) is 0 Å². The summed E-state index contributed by atoms with van der Waals surface area (Å²) in [6.45, 7) is 1.54. The van der Waals surface area contributed by atoms with Gasteiger partial charge in [-0.15, -0.1) is 0 Å². The zero-order valence-corrected chi connectivity index (χ0v) is 16.8. The highest BCUT2D eigenvalue weighted by molar-refractivity contribution is 5.95. The van der Waals surface area contributed by atoms with Crippen molar-refractivity contribution in [3.63, 3.8) is 0 Å². The second-order valence-corrected chi connectivity index (χ2v) is 8.27. The molecular formula is C21H28O9. The van der Waals surface area contributed by atoms with Crippen LogP contribution in [0.15, 0.2) is 12.1 Å². The summed E-state index contributed by atoms with van der Waals surface area (Å²) in [5.74, 6) is -0.704. The average Bonchev–Trinajstić information content (AvgIpc) is 2.95. The lowest BCUT2D eigenvalue weighted by molar-refractivity contribution is -0.117. The molecule has 4 rings (SSSR count). The summed E-state index contributed by atoms with van der Waals surface area (Å²) >= 11 is 0. The molecule has 0 aromatic heterocycles. The first-order chi connectivity index (χ1) is 14.4. The molecule has 7 atom stereocenters. The molecule has 0 radical (unpaired) electrons. The molecule has 0 spiro atoms. The van der Waals surface area contributed by atoms with Crippen molar-refractivity contribution in [1.82, 2.24) is 0 Å². The summed E-state index contributed by atoms with van der Waals surface area (Å²) in [5.41, 5.74) is 0.724. The molecule has 166 valence electrons. The fraction of sp³-hybridized carbons (Fsp3) is 0.667. The number of ether oxygens (including phenoxy) is 4. The number of phenols is 1. The summed E-state index contributed by atoms with van der Waals surface area (Å²) in [4.78, 5) is 12.8. The van der Waals surface area contributed by atoms with E-state index < -0.39 is 37.2 Å². The smallest absolute Gasteiger partial charge is 0.342 e. The maximum atomic E-state index is 12.8. The number of hydrogen-bond acceptors (Lipinski definition) is 9. The van der Waals surface area contributed by atoms with Crippen LogP contribution in [0.2, 0.25) is 0 Å². The molecule has 0 saturated carbocycles. The summed E-state index contributed by atoms with van der Waals surface area (Å²) < 4.78 is 22.5. The van der Waals surface area contributed by atoms with E-state index in [0.717, 1.165) is 19.3 Å². The Morgan fingerprint density at radius 3 is 2.63 bits per heavy atom. The Kier molecular flexibility index (Phi) is 6.17. The molecule has 4 N–H and O–H groups in total. The van der Waals surface area contributed by atoms with Gasteiger partial charge in [-0.2, -0.15) is 0 Å². The fourth-order valence-electron chi connectivity index (χ4n) is 4.42. The van der Waals surface area contributed by atoms with Crippen molar-refractivity contribution in [2.75, 3.05) is 6.61 Å². The summed E-state index contributed by atoms with van der Waals surface area (Å²) in [6.07, 6.45) is -1.21. The highest BCUT2D eigenvalue weighted by Crippen LogP contribution is 2.37. The Morgan fingerprint density at radius 1 is 1.13 bits per heavy atom. The van der Waals surface area contributed by atoms with Crippen LogP contribution in [0.25, 0.3) is 0 Å². The van der Waals surface area contributed by atoms with E-state index in [9.17, 15) is 25.2 Å². The van der Waals surface area contributed by atoms with Gasteiger partial charge in [-0.1, -0.05) is 0 Å². The number of rotatable bonds is 5. The number of carbonyl (C=O) groups excluding carboxylic acids is 1. The van der Waals surface area contributed by atoms with Crippen LogP contribution in [0.3, 0.4) is 0 Å². The van der Waals surface area contributed by atoms with Gasteiger partial charge in [-0.05, 0) is 37.8 Å². The molecule has 0 bridgehead atoms. The molecular weight excluding hydrogens is 396 g/mol. The van der Waals surface area contributed by atoms with Crippen LogP contribution >= 0.6 is 0 Å². The standard InChI is InChI=1S/C21H28O9/c1-10-3-2-4-13(27-10)8-14-6-11-5-12(23)7-15(17(11)20(26)28-14)29-21-19(25)18(24)16(9-22)30-21/h5,7,10,13-14,16,18-19,21-25H,2-4,6,8-9H2,1H3/t10-,13+,14+,16+,18+,19+,21-/m0/s1. The second kappa shape index (κ2) is 8.68. The largest absolute Gasteiger partial charge is 0.508 e. The minimum Gasteiger partial charge on any atom is -0.508 e. The quantitative estimate of drug-likeness (QED) is 0.502. The lowest BCUT2D eigenvalue weighted by atomic mass is 9.92. The van der Waals surface area contributed by atoms with Crippen molar-refractivity contribution >= 4 is 5.97 Å². The number of fused-ring (bicyclic) bond motifs is 1. The van der Waals surface area contributed by atoms with Crippen molar-refractivity contribution in [2.45, 2.75) is 81.9 Å². The fourth-order valence-corrected chi connectivity index (χ4v) is 4.42. The van der Waals surface area contributed by atoms with E-state index in [2.05, 4.69) is 0 Å². The normalized spacial score (nSPS) is 36.3. The van der Waals surface area contributed by atoms with Gasteiger partial charge in [0.1, 0.15) is 41.5 Å². The van der Waals surface area contributed by atoms with Crippen molar-refractivity contribution in [3.8, 4) is 11.5 Å². The first kappa shape index (κ1) is 21.3. The molecule has 1 aromatic carbocycles. The zero-order valence-electron chi connectivity index (χ0n) is 16.8. The van der Waals surface area contributed by atoms with E-state index >= 15 is 0 Å². The average molecular weight is 424 g/mol. The lowest BCUT2D eigenvalue weighted by Crippen LogP contribution is -2.37. The van der Waals surface area contributed by atoms with Gasteiger partial charge in [0.25, 0.3) is 0 Å². The van der Waals surface area contributed by atoms with E-state index in [1.807, 2.05) is 6.92 Å². The third-order valence-electron chi connectivity index (χ3n) is 5.92. The Bertz CT molecular complexity index is 782. The third kappa shape index (κ3) is 4.26. The molecule has 30 heavy (non-hydrogen) atoms. The summed E-state index contributed by atoms with van der Waals surface area (Å²) in [6, 6.07) is 2.73. The van der Waals surface area contributed by atoms with Gasteiger partial charge in [-0.25, -0.2) is 4.79 Å². The first-order valence-electron chi connectivity index (χ1n) is 10.4. The van der Waals surface area contributed by atoms with E-state index in [4.69, 9.17) is 18.9 Å². The lowest BCUT2D eigenvalue weighted by Gasteiger charge is -2.33. The van der Waals surface area contributed by atoms with Crippen LogP contribution in [0.4, 0.5) is 0 Å². The summed E-state index contributed by atoms with van der Waals surface area (Å²) in [5, 5.41) is 39.4. The van der Waals surface area contributed by atoms with Crippen LogP contribution < -0.4 is 4.74 Å². The van der Waals surface area contributed by atoms with E-state index in [1.54, 1.807) is 0 Å². The Hall–Kier alpha value is -1.91. The number of esters is 1. The number of cyclic esters (lactones) is 1. The maximum absolute atomic E-state index is 12.8. The van der Waals surface area contributed by atoms with Gasteiger partial charge in [0.2, 0.25) is 6.29 Å². The van der Waals surface area contributed by atoms with E-state index in [0.29, 0.717) is 18.4 Å². The third-order valence-corrected chi connectivity index (χ3v) is 5.92.